The smallest absolute Gasteiger partial charge is 0.252 e. The van der Waals surface area contributed by atoms with Crippen molar-refractivity contribution in [2.24, 2.45) is 0 Å². The predicted octanol–water partition coefficient (Wildman–Crippen LogP) is 2.77. The summed E-state index contributed by atoms with van der Waals surface area (Å²) < 4.78 is 40.0. The summed E-state index contributed by atoms with van der Waals surface area (Å²) in [5.74, 6) is -0.865. The lowest BCUT2D eigenvalue weighted by atomic mass is 10.2. The number of nitrogens with zero attached hydrogens (tertiary/aromatic N) is 1. The van der Waals surface area contributed by atoms with Crippen molar-refractivity contribution in [3.63, 3.8) is 0 Å². The van der Waals surface area contributed by atoms with Crippen LogP contribution in [-0.4, -0.2) is 31.1 Å². The quantitative estimate of drug-likeness (QED) is 0.805. The molecule has 20 heavy (non-hydrogen) atoms. The van der Waals surface area contributed by atoms with Crippen LogP contribution < -0.4 is 0 Å². The molecule has 1 aliphatic heterocycles. The van der Waals surface area contributed by atoms with Crippen LogP contribution in [0.15, 0.2) is 23.1 Å². The van der Waals surface area contributed by atoms with Crippen LogP contribution in [0.3, 0.4) is 0 Å². The fourth-order valence-corrected chi connectivity index (χ4v) is 3.97. The number of carbonyl (C=O) groups excluding carboxylic acids is 1. The molecular weight excluding hydrogens is 305 g/mol. The van der Waals surface area contributed by atoms with Crippen LogP contribution in [-0.2, 0) is 10.0 Å². The molecule has 0 saturated carbocycles. The second-order valence-corrected chi connectivity index (χ2v) is 6.99. The van der Waals surface area contributed by atoms with Crippen molar-refractivity contribution in [3.8, 4) is 0 Å². The van der Waals surface area contributed by atoms with Crippen molar-refractivity contribution in [2.75, 3.05) is 13.1 Å². The van der Waals surface area contributed by atoms with Crippen LogP contribution in [0, 0.1) is 5.82 Å². The minimum Gasteiger partial charge on any atom is -0.276 e. The van der Waals surface area contributed by atoms with E-state index in [4.69, 9.17) is 11.6 Å². The molecule has 110 valence electrons. The van der Waals surface area contributed by atoms with Crippen molar-refractivity contribution in [1.29, 1.82) is 0 Å². The van der Waals surface area contributed by atoms with Gasteiger partial charge in [0.25, 0.3) is 5.24 Å². The average molecular weight is 320 g/mol. The Bertz CT molecular complexity index is 610. The van der Waals surface area contributed by atoms with Gasteiger partial charge in [0.2, 0.25) is 10.0 Å². The summed E-state index contributed by atoms with van der Waals surface area (Å²) in [6, 6.07) is 3.14. The zero-order valence-corrected chi connectivity index (χ0v) is 12.4. The standard InChI is InChI=1S/C13H15ClFNO3S/c14-13(17)10-5-6-11(15)12(9-10)20(18,19)16-7-3-1-2-4-8-16/h5-6,9H,1-4,7-8H2. The summed E-state index contributed by atoms with van der Waals surface area (Å²) in [4.78, 5) is 10.6. The maximum Gasteiger partial charge on any atom is 0.252 e. The highest BCUT2D eigenvalue weighted by Crippen LogP contribution is 2.24. The average Bonchev–Trinajstić information content (AvgIpc) is 2.68. The molecule has 1 heterocycles. The highest BCUT2D eigenvalue weighted by atomic mass is 35.5. The topological polar surface area (TPSA) is 54.5 Å². The normalized spacial score (nSPS) is 17.7. The third kappa shape index (κ3) is 3.19. The first kappa shape index (κ1) is 15.4. The number of rotatable bonds is 3. The lowest BCUT2D eigenvalue weighted by molar-refractivity contribution is 0.108. The van der Waals surface area contributed by atoms with Gasteiger partial charge in [0.15, 0.2) is 0 Å². The number of halogens is 2. The predicted molar refractivity (Wildman–Crippen MR) is 73.8 cm³/mol. The summed E-state index contributed by atoms with van der Waals surface area (Å²) in [5, 5.41) is -0.808. The van der Waals surface area contributed by atoms with E-state index >= 15 is 0 Å². The Morgan fingerprint density at radius 2 is 1.75 bits per heavy atom. The van der Waals surface area contributed by atoms with Crippen LogP contribution in [0.1, 0.15) is 36.0 Å². The van der Waals surface area contributed by atoms with E-state index in [0.29, 0.717) is 13.1 Å². The first-order valence-electron chi connectivity index (χ1n) is 6.42. The molecule has 1 aliphatic rings. The third-order valence-electron chi connectivity index (χ3n) is 3.34. The van der Waals surface area contributed by atoms with E-state index in [1.54, 1.807) is 0 Å². The summed E-state index contributed by atoms with van der Waals surface area (Å²) in [6.45, 7) is 0.752. The Labute approximate surface area is 122 Å². The van der Waals surface area contributed by atoms with Crippen molar-refractivity contribution >= 4 is 26.9 Å². The minimum atomic E-state index is -3.92. The maximum absolute atomic E-state index is 13.8. The van der Waals surface area contributed by atoms with Crippen molar-refractivity contribution in [2.45, 2.75) is 30.6 Å². The molecule has 2 rings (SSSR count). The zero-order valence-electron chi connectivity index (χ0n) is 10.8. The molecular formula is C13H15ClFNO3S. The first-order chi connectivity index (χ1) is 9.43. The van der Waals surface area contributed by atoms with E-state index in [9.17, 15) is 17.6 Å². The highest BCUT2D eigenvalue weighted by molar-refractivity contribution is 7.89. The maximum atomic E-state index is 13.8. The zero-order chi connectivity index (χ0) is 14.8. The Morgan fingerprint density at radius 1 is 1.15 bits per heavy atom. The van der Waals surface area contributed by atoms with E-state index < -0.39 is 26.0 Å². The molecule has 0 spiro atoms. The third-order valence-corrected chi connectivity index (χ3v) is 5.47. The molecule has 1 saturated heterocycles. The fraction of sp³-hybridized carbons (Fsp3) is 0.462. The van der Waals surface area contributed by atoms with Crippen LogP contribution in [0.5, 0.6) is 0 Å². The van der Waals surface area contributed by atoms with Crippen molar-refractivity contribution in [1.82, 2.24) is 4.31 Å². The Hall–Kier alpha value is -0.980. The van der Waals surface area contributed by atoms with Gasteiger partial charge >= 0.3 is 0 Å². The summed E-state index contributed by atoms with van der Waals surface area (Å²) in [6.07, 6.45) is 3.45. The van der Waals surface area contributed by atoms with Crippen molar-refractivity contribution in [3.05, 3.63) is 29.6 Å². The van der Waals surface area contributed by atoms with Gasteiger partial charge in [-0.25, -0.2) is 12.8 Å². The number of hydrogen-bond donors (Lipinski definition) is 0. The van der Waals surface area contributed by atoms with Gasteiger partial charge in [-0.1, -0.05) is 12.8 Å². The molecule has 7 heteroatoms. The van der Waals surface area contributed by atoms with E-state index in [2.05, 4.69) is 0 Å². The van der Waals surface area contributed by atoms with Crippen molar-refractivity contribution < 1.29 is 17.6 Å². The van der Waals surface area contributed by atoms with Gasteiger partial charge in [0, 0.05) is 18.7 Å². The summed E-state index contributed by atoms with van der Waals surface area (Å²) in [7, 11) is -3.92. The second kappa shape index (κ2) is 6.20. The van der Waals surface area contributed by atoms with Gasteiger partial charge in [-0.3, -0.25) is 4.79 Å². The molecule has 0 unspecified atom stereocenters. The molecule has 0 aromatic heterocycles. The molecule has 0 radical (unpaired) electrons. The van der Waals surface area contributed by atoms with E-state index in [1.165, 1.54) is 10.4 Å². The van der Waals surface area contributed by atoms with Crippen LogP contribution >= 0.6 is 11.6 Å². The van der Waals surface area contributed by atoms with Gasteiger partial charge in [-0.15, -0.1) is 0 Å². The molecule has 0 amide bonds. The minimum absolute atomic E-state index is 0.0264. The molecule has 1 aromatic carbocycles. The van der Waals surface area contributed by atoms with Gasteiger partial charge in [-0.05, 0) is 42.6 Å². The summed E-state index contributed by atoms with van der Waals surface area (Å²) in [5.41, 5.74) is -0.0264. The van der Waals surface area contributed by atoms with Crippen LogP contribution in [0.4, 0.5) is 4.39 Å². The second-order valence-electron chi connectivity index (χ2n) is 4.74. The van der Waals surface area contributed by atoms with Gasteiger partial charge in [-0.2, -0.15) is 4.31 Å². The lowest BCUT2D eigenvalue weighted by Gasteiger charge is -2.20. The Balaban J connectivity index is 2.42. The molecule has 0 bridgehead atoms. The number of carbonyl (C=O) groups is 1. The molecule has 0 aliphatic carbocycles. The highest BCUT2D eigenvalue weighted by Gasteiger charge is 2.28. The van der Waals surface area contributed by atoms with E-state index in [1.807, 2.05) is 0 Å². The number of benzene rings is 1. The monoisotopic (exact) mass is 319 g/mol. The van der Waals surface area contributed by atoms with E-state index in [-0.39, 0.29) is 5.56 Å². The van der Waals surface area contributed by atoms with E-state index in [0.717, 1.165) is 37.8 Å². The summed E-state index contributed by atoms with van der Waals surface area (Å²) >= 11 is 5.32. The molecule has 0 atom stereocenters. The molecule has 1 fully saturated rings. The van der Waals surface area contributed by atoms with Crippen LogP contribution in [0.2, 0.25) is 0 Å². The number of hydrogen-bond acceptors (Lipinski definition) is 3. The van der Waals surface area contributed by atoms with Gasteiger partial charge < -0.3 is 0 Å². The Morgan fingerprint density at radius 3 is 2.30 bits per heavy atom. The van der Waals surface area contributed by atoms with Gasteiger partial charge in [0.05, 0.1) is 0 Å². The molecule has 1 aromatic rings. The molecule has 4 nitrogen and oxygen atoms in total. The number of sulfonamides is 1. The largest absolute Gasteiger partial charge is 0.276 e. The Kier molecular flexibility index (Phi) is 4.78. The van der Waals surface area contributed by atoms with Gasteiger partial charge in [0.1, 0.15) is 10.7 Å². The SMILES string of the molecule is O=C(Cl)c1ccc(F)c(S(=O)(=O)N2CCCCCC2)c1. The fourth-order valence-electron chi connectivity index (χ4n) is 2.24. The first-order valence-corrected chi connectivity index (χ1v) is 8.24. The lowest BCUT2D eigenvalue weighted by Crippen LogP contribution is -2.32. The van der Waals surface area contributed by atoms with Crippen LogP contribution in [0.25, 0.3) is 0 Å². The molecule has 0 N–H and O–H groups in total.